The van der Waals surface area contributed by atoms with Gasteiger partial charge in [-0.2, -0.15) is 0 Å². The molecule has 0 saturated heterocycles. The lowest BCUT2D eigenvalue weighted by atomic mass is 10.2. The highest BCUT2D eigenvalue weighted by molar-refractivity contribution is 7.15. The van der Waals surface area contributed by atoms with Crippen molar-refractivity contribution in [3.63, 3.8) is 0 Å². The molecule has 1 aliphatic rings. The number of methoxy groups -OCH3 is 2. The van der Waals surface area contributed by atoms with Crippen LogP contribution in [0.15, 0.2) is 42.5 Å². The molecular weight excluding hydrogens is 410 g/mol. The Kier molecular flexibility index (Phi) is 5.60. The Labute approximate surface area is 178 Å². The van der Waals surface area contributed by atoms with Crippen LogP contribution < -0.4 is 14.8 Å². The molecule has 0 unspecified atom stereocenters. The highest BCUT2D eigenvalue weighted by Crippen LogP contribution is 2.36. The van der Waals surface area contributed by atoms with E-state index >= 15 is 0 Å². The average molecular weight is 430 g/mol. The van der Waals surface area contributed by atoms with E-state index in [0.29, 0.717) is 29.6 Å². The second-order valence-electron chi connectivity index (χ2n) is 6.57. The van der Waals surface area contributed by atoms with E-state index in [1.165, 1.54) is 0 Å². The van der Waals surface area contributed by atoms with Crippen molar-refractivity contribution in [2.45, 2.75) is 13.0 Å². The molecule has 0 saturated carbocycles. The number of aromatic nitrogens is 1. The highest BCUT2D eigenvalue weighted by atomic mass is 35.5. The van der Waals surface area contributed by atoms with Gasteiger partial charge >= 0.3 is 6.03 Å². The number of nitrogens with zero attached hydrogens (tertiary/aromatic N) is 2. The van der Waals surface area contributed by atoms with Gasteiger partial charge in [-0.25, -0.2) is 9.78 Å². The molecule has 150 valence electrons. The number of ether oxygens (including phenoxy) is 2. The van der Waals surface area contributed by atoms with Crippen LogP contribution in [0, 0.1) is 0 Å². The van der Waals surface area contributed by atoms with E-state index in [4.69, 9.17) is 26.1 Å². The number of anilines is 1. The number of nitrogens with one attached hydrogen (secondary N) is 1. The van der Waals surface area contributed by atoms with E-state index in [0.717, 1.165) is 33.3 Å². The van der Waals surface area contributed by atoms with Crippen LogP contribution in [0.1, 0.15) is 10.6 Å². The number of halogens is 1. The number of hydrogen-bond acceptors (Lipinski definition) is 5. The van der Waals surface area contributed by atoms with Gasteiger partial charge in [-0.3, -0.25) is 0 Å². The minimum Gasteiger partial charge on any atom is -0.493 e. The van der Waals surface area contributed by atoms with Crippen molar-refractivity contribution >= 4 is 34.7 Å². The van der Waals surface area contributed by atoms with Gasteiger partial charge in [0, 0.05) is 34.1 Å². The van der Waals surface area contributed by atoms with Gasteiger partial charge in [0.2, 0.25) is 0 Å². The summed E-state index contributed by atoms with van der Waals surface area (Å²) in [4.78, 5) is 20.3. The smallest absolute Gasteiger partial charge is 0.322 e. The molecule has 0 radical (unpaired) electrons. The standard InChI is InChI=1S/C21H20ClN3O3S/c1-27-17-8-3-13(11-18(17)28-2)20-24-16-9-10-25(12-19(16)29-20)21(26)23-15-6-4-14(22)5-7-15/h3-8,11H,9-10,12H2,1-2H3,(H,23,26). The van der Waals surface area contributed by atoms with Gasteiger partial charge in [-0.05, 0) is 42.5 Å². The predicted octanol–water partition coefficient (Wildman–Crippen LogP) is 5.07. The normalized spacial score (nSPS) is 13.0. The minimum absolute atomic E-state index is 0.126. The summed E-state index contributed by atoms with van der Waals surface area (Å²) in [5, 5.41) is 4.47. The van der Waals surface area contributed by atoms with Crippen LogP contribution >= 0.6 is 22.9 Å². The zero-order valence-electron chi connectivity index (χ0n) is 16.1. The lowest BCUT2D eigenvalue weighted by Crippen LogP contribution is -2.38. The van der Waals surface area contributed by atoms with Crippen molar-refractivity contribution < 1.29 is 14.3 Å². The lowest BCUT2D eigenvalue weighted by molar-refractivity contribution is 0.207. The van der Waals surface area contributed by atoms with Gasteiger partial charge in [-0.15, -0.1) is 11.3 Å². The molecule has 0 aliphatic carbocycles. The third kappa shape index (κ3) is 4.16. The highest BCUT2D eigenvalue weighted by Gasteiger charge is 2.25. The number of fused-ring (bicyclic) bond motifs is 1. The number of thiazole rings is 1. The van der Waals surface area contributed by atoms with Crippen molar-refractivity contribution in [1.29, 1.82) is 0 Å². The molecular formula is C21H20ClN3O3S. The van der Waals surface area contributed by atoms with E-state index in [2.05, 4.69) is 5.32 Å². The van der Waals surface area contributed by atoms with Crippen LogP contribution in [0.3, 0.4) is 0 Å². The molecule has 8 heteroatoms. The Morgan fingerprint density at radius 3 is 2.62 bits per heavy atom. The van der Waals surface area contributed by atoms with E-state index in [1.807, 2.05) is 18.2 Å². The monoisotopic (exact) mass is 429 g/mol. The molecule has 4 rings (SSSR count). The number of urea groups is 1. The van der Waals surface area contributed by atoms with Crippen LogP contribution in [0.25, 0.3) is 10.6 Å². The number of benzene rings is 2. The molecule has 3 aromatic rings. The SMILES string of the molecule is COc1ccc(-c2nc3c(s2)CN(C(=O)Nc2ccc(Cl)cc2)CC3)cc1OC. The van der Waals surface area contributed by atoms with Gasteiger partial charge in [0.15, 0.2) is 11.5 Å². The summed E-state index contributed by atoms with van der Waals surface area (Å²) in [5.41, 5.74) is 2.75. The van der Waals surface area contributed by atoms with Crippen molar-refractivity contribution in [1.82, 2.24) is 9.88 Å². The average Bonchev–Trinajstić information content (AvgIpc) is 3.18. The minimum atomic E-state index is -0.126. The Bertz CT molecular complexity index is 1040. The number of amides is 2. The molecule has 0 fully saturated rings. The molecule has 1 N–H and O–H groups in total. The molecule has 29 heavy (non-hydrogen) atoms. The second kappa shape index (κ2) is 8.31. The Morgan fingerprint density at radius 2 is 1.90 bits per heavy atom. The maximum absolute atomic E-state index is 12.6. The topological polar surface area (TPSA) is 63.7 Å². The zero-order valence-corrected chi connectivity index (χ0v) is 17.6. The van der Waals surface area contributed by atoms with Gasteiger partial charge in [-0.1, -0.05) is 11.6 Å². The predicted molar refractivity (Wildman–Crippen MR) is 115 cm³/mol. The van der Waals surface area contributed by atoms with Crippen LogP contribution in [0.5, 0.6) is 11.5 Å². The first-order chi connectivity index (χ1) is 14.1. The largest absolute Gasteiger partial charge is 0.493 e. The summed E-state index contributed by atoms with van der Waals surface area (Å²) in [7, 11) is 3.23. The summed E-state index contributed by atoms with van der Waals surface area (Å²) in [6.07, 6.45) is 0.729. The zero-order chi connectivity index (χ0) is 20.4. The molecule has 2 amide bonds. The van der Waals surface area contributed by atoms with Crippen LogP contribution in [0.4, 0.5) is 10.5 Å². The molecule has 0 spiro atoms. The molecule has 6 nitrogen and oxygen atoms in total. The van der Waals surface area contributed by atoms with E-state index in [1.54, 1.807) is 54.7 Å². The molecule has 2 heterocycles. The summed E-state index contributed by atoms with van der Waals surface area (Å²) in [6, 6.07) is 12.7. The Hall–Kier alpha value is -2.77. The third-order valence-electron chi connectivity index (χ3n) is 4.74. The Balaban J connectivity index is 1.50. The maximum Gasteiger partial charge on any atom is 0.322 e. The third-order valence-corrected chi connectivity index (χ3v) is 6.13. The van der Waals surface area contributed by atoms with Crippen molar-refractivity contribution in [2.75, 3.05) is 26.1 Å². The van der Waals surface area contributed by atoms with Gasteiger partial charge < -0.3 is 19.7 Å². The summed E-state index contributed by atoms with van der Waals surface area (Å²) in [6.45, 7) is 1.17. The fourth-order valence-electron chi connectivity index (χ4n) is 3.20. The number of carbonyl (C=O) groups is 1. The van der Waals surface area contributed by atoms with Gasteiger partial charge in [0.05, 0.1) is 26.5 Å². The fourth-order valence-corrected chi connectivity index (χ4v) is 4.44. The first-order valence-electron chi connectivity index (χ1n) is 9.10. The van der Waals surface area contributed by atoms with Gasteiger partial charge in [0.1, 0.15) is 5.01 Å². The summed E-state index contributed by atoms with van der Waals surface area (Å²) < 4.78 is 10.7. The molecule has 1 aliphatic heterocycles. The van der Waals surface area contributed by atoms with E-state index in [-0.39, 0.29) is 6.03 Å². The van der Waals surface area contributed by atoms with Crippen molar-refractivity contribution in [3.8, 4) is 22.1 Å². The first-order valence-corrected chi connectivity index (χ1v) is 10.3. The fraction of sp³-hybridized carbons (Fsp3) is 0.238. The van der Waals surface area contributed by atoms with E-state index in [9.17, 15) is 4.79 Å². The number of rotatable bonds is 4. The lowest BCUT2D eigenvalue weighted by Gasteiger charge is -2.26. The maximum atomic E-state index is 12.6. The Morgan fingerprint density at radius 1 is 1.14 bits per heavy atom. The van der Waals surface area contributed by atoms with Crippen molar-refractivity contribution in [3.05, 3.63) is 58.1 Å². The summed E-state index contributed by atoms with van der Waals surface area (Å²) in [5.74, 6) is 1.35. The second-order valence-corrected chi connectivity index (χ2v) is 8.09. The number of carbonyl (C=O) groups excluding carboxylic acids is 1. The van der Waals surface area contributed by atoms with E-state index < -0.39 is 0 Å². The van der Waals surface area contributed by atoms with Crippen LogP contribution in [-0.2, 0) is 13.0 Å². The quantitative estimate of drug-likeness (QED) is 0.628. The van der Waals surface area contributed by atoms with Crippen LogP contribution in [-0.4, -0.2) is 36.7 Å². The number of hydrogen-bond donors (Lipinski definition) is 1. The summed E-state index contributed by atoms with van der Waals surface area (Å²) >= 11 is 7.50. The first kappa shape index (κ1) is 19.5. The molecule has 0 atom stereocenters. The molecule has 1 aromatic heterocycles. The molecule has 0 bridgehead atoms. The van der Waals surface area contributed by atoms with Crippen molar-refractivity contribution in [2.24, 2.45) is 0 Å². The molecule has 2 aromatic carbocycles. The van der Waals surface area contributed by atoms with Crippen LogP contribution in [0.2, 0.25) is 5.02 Å². The van der Waals surface area contributed by atoms with Gasteiger partial charge in [0.25, 0.3) is 0 Å².